The normalized spacial score (nSPS) is 14.4. The average molecular weight is 172 g/mol. The molecule has 0 amide bonds. The fraction of sp³-hybridized carbons (Fsp3) is 0.900. The highest BCUT2D eigenvalue weighted by molar-refractivity contribution is 5.79. The lowest BCUT2D eigenvalue weighted by molar-refractivity contribution is -0.126. The summed E-state index contributed by atoms with van der Waals surface area (Å²) in [7, 11) is 0. The smallest absolute Gasteiger partial charge is 0.135 e. The van der Waals surface area contributed by atoms with Crippen molar-refractivity contribution in [3.63, 3.8) is 0 Å². The zero-order valence-electron chi connectivity index (χ0n) is 8.81. The van der Waals surface area contributed by atoms with Gasteiger partial charge in [-0.1, -0.05) is 20.8 Å². The number of carbonyl (C=O) groups excluding carboxylic acids is 1. The van der Waals surface area contributed by atoms with Gasteiger partial charge in [0.15, 0.2) is 0 Å². The van der Waals surface area contributed by atoms with Crippen LogP contribution in [0.1, 0.15) is 34.6 Å². The molecule has 0 bridgehead atoms. The summed E-state index contributed by atoms with van der Waals surface area (Å²) < 4.78 is 5.26. The van der Waals surface area contributed by atoms with E-state index in [4.69, 9.17) is 4.74 Å². The summed E-state index contributed by atoms with van der Waals surface area (Å²) in [6.07, 6.45) is 0. The van der Waals surface area contributed by atoms with Crippen LogP contribution in [-0.2, 0) is 9.53 Å². The van der Waals surface area contributed by atoms with Crippen LogP contribution < -0.4 is 0 Å². The van der Waals surface area contributed by atoms with Crippen molar-refractivity contribution in [1.82, 2.24) is 0 Å². The van der Waals surface area contributed by atoms with E-state index in [0.717, 1.165) is 0 Å². The van der Waals surface area contributed by atoms with Crippen LogP contribution in [0, 0.1) is 11.3 Å². The van der Waals surface area contributed by atoms with Gasteiger partial charge < -0.3 is 4.74 Å². The maximum absolute atomic E-state index is 11.2. The Bertz CT molecular complexity index is 144. The van der Waals surface area contributed by atoms with Gasteiger partial charge in [0.1, 0.15) is 5.78 Å². The van der Waals surface area contributed by atoms with Gasteiger partial charge in [0.05, 0.1) is 6.61 Å². The number of Topliss-reactive ketones (excluding diaryl/α,β-unsaturated/α-hetero) is 1. The van der Waals surface area contributed by atoms with Crippen molar-refractivity contribution in [2.45, 2.75) is 34.6 Å². The van der Waals surface area contributed by atoms with Crippen LogP contribution >= 0.6 is 0 Å². The first-order valence-corrected chi connectivity index (χ1v) is 4.47. The topological polar surface area (TPSA) is 26.3 Å². The molecule has 0 aliphatic carbocycles. The van der Waals surface area contributed by atoms with Gasteiger partial charge in [-0.2, -0.15) is 0 Å². The van der Waals surface area contributed by atoms with Crippen molar-refractivity contribution in [2.24, 2.45) is 11.3 Å². The number of ketones is 1. The van der Waals surface area contributed by atoms with Crippen LogP contribution in [0.15, 0.2) is 0 Å². The Labute approximate surface area is 75.3 Å². The van der Waals surface area contributed by atoms with Crippen LogP contribution in [0.25, 0.3) is 0 Å². The second-order valence-electron chi connectivity index (χ2n) is 4.19. The molecular weight excluding hydrogens is 152 g/mol. The first-order valence-electron chi connectivity index (χ1n) is 4.47. The van der Waals surface area contributed by atoms with Crippen LogP contribution in [0.5, 0.6) is 0 Å². The van der Waals surface area contributed by atoms with E-state index in [0.29, 0.717) is 13.2 Å². The maximum atomic E-state index is 11.2. The predicted octanol–water partition coefficient (Wildman–Crippen LogP) is 2.27. The summed E-state index contributed by atoms with van der Waals surface area (Å²) >= 11 is 0. The highest BCUT2D eigenvalue weighted by atomic mass is 16.5. The minimum Gasteiger partial charge on any atom is -0.381 e. The zero-order valence-corrected chi connectivity index (χ0v) is 8.81. The van der Waals surface area contributed by atoms with Crippen molar-refractivity contribution in [1.29, 1.82) is 0 Å². The van der Waals surface area contributed by atoms with Gasteiger partial charge in [-0.05, 0) is 19.3 Å². The third kappa shape index (κ3) is 3.86. The van der Waals surface area contributed by atoms with Crippen LogP contribution in [0.3, 0.4) is 0 Å². The van der Waals surface area contributed by atoms with Gasteiger partial charge in [0.25, 0.3) is 0 Å². The standard InChI is InChI=1S/C10H20O2/c1-6-12-7-9(8(2)11)10(3,4)5/h9H,6-7H2,1-5H3. The third-order valence-electron chi connectivity index (χ3n) is 2.02. The lowest BCUT2D eigenvalue weighted by atomic mass is 9.79. The largest absolute Gasteiger partial charge is 0.381 e. The summed E-state index contributed by atoms with van der Waals surface area (Å²) in [6, 6.07) is 0. The molecule has 0 fully saturated rings. The quantitative estimate of drug-likeness (QED) is 0.650. The minimum absolute atomic E-state index is 0.0149. The first kappa shape index (κ1) is 11.6. The molecule has 0 saturated heterocycles. The van der Waals surface area contributed by atoms with E-state index in [-0.39, 0.29) is 17.1 Å². The zero-order chi connectivity index (χ0) is 9.78. The monoisotopic (exact) mass is 172 g/mol. The number of carbonyl (C=O) groups is 1. The molecule has 72 valence electrons. The Hall–Kier alpha value is -0.370. The van der Waals surface area contributed by atoms with E-state index in [9.17, 15) is 4.79 Å². The van der Waals surface area contributed by atoms with Gasteiger partial charge in [-0.25, -0.2) is 0 Å². The van der Waals surface area contributed by atoms with E-state index >= 15 is 0 Å². The molecule has 12 heavy (non-hydrogen) atoms. The van der Waals surface area contributed by atoms with E-state index in [2.05, 4.69) is 20.8 Å². The van der Waals surface area contributed by atoms with Crippen LogP contribution in [0.4, 0.5) is 0 Å². The first-order chi connectivity index (χ1) is 5.39. The summed E-state index contributed by atoms with van der Waals surface area (Å²) in [4.78, 5) is 11.2. The Balaban J connectivity index is 4.15. The summed E-state index contributed by atoms with van der Waals surface area (Å²) in [5, 5.41) is 0. The summed E-state index contributed by atoms with van der Waals surface area (Å²) in [5.74, 6) is 0.244. The molecule has 2 heteroatoms. The minimum atomic E-state index is 0.0149. The lowest BCUT2D eigenvalue weighted by Crippen LogP contribution is -2.31. The van der Waals surface area contributed by atoms with E-state index in [1.807, 2.05) is 6.92 Å². The van der Waals surface area contributed by atoms with Crippen LogP contribution in [-0.4, -0.2) is 19.0 Å². The van der Waals surface area contributed by atoms with Gasteiger partial charge in [-0.15, -0.1) is 0 Å². The fourth-order valence-corrected chi connectivity index (χ4v) is 1.21. The van der Waals surface area contributed by atoms with Crippen molar-refractivity contribution >= 4 is 5.78 Å². The van der Waals surface area contributed by atoms with Crippen molar-refractivity contribution < 1.29 is 9.53 Å². The predicted molar refractivity (Wildman–Crippen MR) is 50.1 cm³/mol. The second kappa shape index (κ2) is 4.61. The average Bonchev–Trinajstić information content (AvgIpc) is 1.84. The SMILES string of the molecule is CCOCC(C(C)=O)C(C)(C)C. The van der Waals surface area contributed by atoms with E-state index in [1.54, 1.807) is 6.92 Å². The Kier molecular flexibility index (Phi) is 4.46. The van der Waals surface area contributed by atoms with Crippen molar-refractivity contribution in [2.75, 3.05) is 13.2 Å². The molecule has 0 aliphatic heterocycles. The molecule has 0 saturated carbocycles. The molecule has 0 spiro atoms. The lowest BCUT2D eigenvalue weighted by Gasteiger charge is -2.27. The number of rotatable bonds is 4. The van der Waals surface area contributed by atoms with Gasteiger partial charge in [-0.3, -0.25) is 4.79 Å². The molecule has 0 aliphatic rings. The van der Waals surface area contributed by atoms with Gasteiger partial charge in [0, 0.05) is 12.5 Å². The van der Waals surface area contributed by atoms with Crippen LogP contribution in [0.2, 0.25) is 0 Å². The molecule has 0 heterocycles. The fourth-order valence-electron chi connectivity index (χ4n) is 1.21. The highest BCUT2D eigenvalue weighted by Crippen LogP contribution is 2.26. The second-order valence-corrected chi connectivity index (χ2v) is 4.19. The molecule has 0 aromatic rings. The Morgan fingerprint density at radius 2 is 1.92 bits per heavy atom. The molecule has 0 aromatic carbocycles. The van der Waals surface area contributed by atoms with E-state index < -0.39 is 0 Å². The number of hydrogen-bond acceptors (Lipinski definition) is 2. The molecule has 0 N–H and O–H groups in total. The molecule has 0 aromatic heterocycles. The Morgan fingerprint density at radius 3 is 2.17 bits per heavy atom. The summed E-state index contributed by atoms with van der Waals surface area (Å²) in [6.45, 7) is 11.0. The molecule has 2 nitrogen and oxygen atoms in total. The summed E-state index contributed by atoms with van der Waals surface area (Å²) in [5.41, 5.74) is 0.0149. The van der Waals surface area contributed by atoms with Gasteiger partial charge in [0.2, 0.25) is 0 Å². The Morgan fingerprint density at radius 1 is 1.42 bits per heavy atom. The molecule has 0 radical (unpaired) electrons. The highest BCUT2D eigenvalue weighted by Gasteiger charge is 2.28. The molecule has 1 unspecified atom stereocenters. The molecule has 1 atom stereocenters. The van der Waals surface area contributed by atoms with Crippen molar-refractivity contribution in [3.8, 4) is 0 Å². The molecular formula is C10H20O2. The number of ether oxygens (including phenoxy) is 1. The maximum Gasteiger partial charge on any atom is 0.135 e. The molecule has 0 rings (SSSR count). The van der Waals surface area contributed by atoms with Crippen molar-refractivity contribution in [3.05, 3.63) is 0 Å². The third-order valence-corrected chi connectivity index (χ3v) is 2.02. The van der Waals surface area contributed by atoms with E-state index in [1.165, 1.54) is 0 Å². The number of hydrogen-bond donors (Lipinski definition) is 0. The van der Waals surface area contributed by atoms with Gasteiger partial charge >= 0.3 is 0 Å².